The number of benzene rings is 1. The van der Waals surface area contributed by atoms with Gasteiger partial charge in [0.2, 0.25) is 0 Å². The molecular formula is C15H22N2O. The normalized spacial score (nSPS) is 24.1. The monoisotopic (exact) mass is 246 g/mol. The average molecular weight is 246 g/mol. The van der Waals surface area contributed by atoms with Crippen LogP contribution in [0.1, 0.15) is 36.2 Å². The van der Waals surface area contributed by atoms with E-state index in [2.05, 4.69) is 13.8 Å². The van der Waals surface area contributed by atoms with Crippen molar-refractivity contribution in [2.75, 3.05) is 18.8 Å². The number of hydrogen-bond donors (Lipinski definition) is 1. The quantitative estimate of drug-likeness (QED) is 0.774. The number of aryl methyl sites for hydroxylation is 1. The molecule has 2 rings (SSSR count). The van der Waals surface area contributed by atoms with Gasteiger partial charge in [0, 0.05) is 24.3 Å². The highest BCUT2D eigenvalue weighted by Crippen LogP contribution is 2.24. The molecule has 1 aromatic rings. The number of carbonyl (C=O) groups is 1. The van der Waals surface area contributed by atoms with Crippen molar-refractivity contribution in [1.29, 1.82) is 0 Å². The number of nitrogens with two attached hydrogens (primary N) is 1. The smallest absolute Gasteiger partial charge is 0.253 e. The molecule has 0 bridgehead atoms. The maximum atomic E-state index is 12.4. The second-order valence-electron chi connectivity index (χ2n) is 5.63. The Morgan fingerprint density at radius 1 is 1.28 bits per heavy atom. The first kappa shape index (κ1) is 12.9. The van der Waals surface area contributed by atoms with Crippen molar-refractivity contribution in [3.05, 3.63) is 29.3 Å². The number of carbonyl (C=O) groups excluding carboxylic acids is 1. The molecule has 1 amide bonds. The number of likely N-dealkylation sites (tertiary alicyclic amines) is 1. The van der Waals surface area contributed by atoms with Crippen molar-refractivity contribution >= 4 is 11.6 Å². The molecule has 18 heavy (non-hydrogen) atoms. The second kappa shape index (κ2) is 5.01. The Morgan fingerprint density at radius 2 is 2.00 bits per heavy atom. The van der Waals surface area contributed by atoms with Gasteiger partial charge in [0.15, 0.2) is 0 Å². The minimum atomic E-state index is 0.115. The summed E-state index contributed by atoms with van der Waals surface area (Å²) in [7, 11) is 0. The molecule has 1 aliphatic rings. The maximum Gasteiger partial charge on any atom is 0.253 e. The van der Waals surface area contributed by atoms with Gasteiger partial charge in [0.1, 0.15) is 0 Å². The van der Waals surface area contributed by atoms with Crippen molar-refractivity contribution in [2.24, 2.45) is 11.8 Å². The molecule has 3 nitrogen and oxygen atoms in total. The molecule has 1 aliphatic heterocycles. The third-order valence-corrected chi connectivity index (χ3v) is 3.97. The zero-order chi connectivity index (χ0) is 13.3. The van der Waals surface area contributed by atoms with E-state index in [0.717, 1.165) is 25.1 Å². The van der Waals surface area contributed by atoms with Crippen LogP contribution in [0.4, 0.5) is 5.69 Å². The number of rotatable bonds is 1. The van der Waals surface area contributed by atoms with E-state index in [9.17, 15) is 4.79 Å². The van der Waals surface area contributed by atoms with Gasteiger partial charge in [-0.15, -0.1) is 0 Å². The molecule has 0 aromatic heterocycles. The Kier molecular flexibility index (Phi) is 3.60. The Bertz CT molecular complexity index is 436. The van der Waals surface area contributed by atoms with E-state index in [1.165, 1.54) is 0 Å². The van der Waals surface area contributed by atoms with Crippen LogP contribution >= 0.6 is 0 Å². The molecule has 2 atom stereocenters. The standard InChI is InChI=1S/C15H22N2O/c1-10-6-13(8-14(16)7-10)15(18)17-5-4-11(2)12(3)9-17/h6-8,11-12H,4-5,9,16H2,1-3H3. The Morgan fingerprint density at radius 3 is 2.61 bits per heavy atom. The zero-order valence-electron chi connectivity index (χ0n) is 11.4. The molecule has 0 aliphatic carbocycles. The van der Waals surface area contributed by atoms with Gasteiger partial charge in [-0.1, -0.05) is 13.8 Å². The molecule has 3 heteroatoms. The van der Waals surface area contributed by atoms with Gasteiger partial charge in [0.05, 0.1) is 0 Å². The topological polar surface area (TPSA) is 46.3 Å². The lowest BCUT2D eigenvalue weighted by Gasteiger charge is -2.35. The van der Waals surface area contributed by atoms with Gasteiger partial charge in [-0.3, -0.25) is 4.79 Å². The molecule has 0 spiro atoms. The summed E-state index contributed by atoms with van der Waals surface area (Å²) >= 11 is 0. The third kappa shape index (κ3) is 2.66. The molecule has 1 saturated heterocycles. The highest BCUT2D eigenvalue weighted by molar-refractivity contribution is 5.95. The summed E-state index contributed by atoms with van der Waals surface area (Å²) in [4.78, 5) is 14.4. The lowest BCUT2D eigenvalue weighted by Crippen LogP contribution is -2.42. The summed E-state index contributed by atoms with van der Waals surface area (Å²) in [6.45, 7) is 8.16. The van der Waals surface area contributed by atoms with Crippen LogP contribution in [0.5, 0.6) is 0 Å². The molecule has 0 radical (unpaired) electrons. The first-order valence-corrected chi connectivity index (χ1v) is 6.64. The molecular weight excluding hydrogens is 224 g/mol. The van der Waals surface area contributed by atoms with Gasteiger partial charge >= 0.3 is 0 Å². The van der Waals surface area contributed by atoms with E-state index in [1.54, 1.807) is 6.07 Å². The van der Waals surface area contributed by atoms with Crippen molar-refractivity contribution in [2.45, 2.75) is 27.2 Å². The lowest BCUT2D eigenvalue weighted by atomic mass is 9.88. The van der Waals surface area contributed by atoms with Crippen LogP contribution in [0.25, 0.3) is 0 Å². The minimum Gasteiger partial charge on any atom is -0.399 e. The summed E-state index contributed by atoms with van der Waals surface area (Å²) < 4.78 is 0. The Labute approximate surface area is 109 Å². The van der Waals surface area contributed by atoms with E-state index >= 15 is 0 Å². The molecule has 1 heterocycles. The molecule has 2 N–H and O–H groups in total. The van der Waals surface area contributed by atoms with Crippen LogP contribution in [0, 0.1) is 18.8 Å². The number of piperidine rings is 1. The fourth-order valence-corrected chi connectivity index (χ4v) is 2.57. The Balaban J connectivity index is 2.16. The highest BCUT2D eigenvalue weighted by Gasteiger charge is 2.26. The molecule has 2 unspecified atom stereocenters. The van der Waals surface area contributed by atoms with Gasteiger partial charge in [-0.2, -0.15) is 0 Å². The van der Waals surface area contributed by atoms with E-state index < -0.39 is 0 Å². The first-order valence-electron chi connectivity index (χ1n) is 6.64. The first-order chi connectivity index (χ1) is 8.47. The van der Waals surface area contributed by atoms with Crippen molar-refractivity contribution < 1.29 is 4.79 Å². The number of hydrogen-bond acceptors (Lipinski definition) is 2. The largest absolute Gasteiger partial charge is 0.399 e. The summed E-state index contributed by atoms with van der Waals surface area (Å²) in [5.41, 5.74) is 8.22. The third-order valence-electron chi connectivity index (χ3n) is 3.97. The van der Waals surface area contributed by atoms with Crippen LogP contribution in [0.15, 0.2) is 18.2 Å². The second-order valence-corrected chi connectivity index (χ2v) is 5.63. The number of nitrogen functional groups attached to an aromatic ring is 1. The highest BCUT2D eigenvalue weighted by atomic mass is 16.2. The van der Waals surface area contributed by atoms with Crippen LogP contribution in [-0.2, 0) is 0 Å². The lowest BCUT2D eigenvalue weighted by molar-refractivity contribution is 0.0627. The zero-order valence-corrected chi connectivity index (χ0v) is 11.4. The van der Waals surface area contributed by atoms with Crippen molar-refractivity contribution in [1.82, 2.24) is 4.90 Å². The number of nitrogens with zero attached hydrogens (tertiary/aromatic N) is 1. The SMILES string of the molecule is Cc1cc(N)cc(C(=O)N2CCC(C)C(C)C2)c1. The van der Waals surface area contributed by atoms with Gasteiger partial charge in [-0.25, -0.2) is 0 Å². The van der Waals surface area contributed by atoms with Crippen molar-refractivity contribution in [3.63, 3.8) is 0 Å². The van der Waals surface area contributed by atoms with Gasteiger partial charge in [-0.05, 0) is 48.9 Å². The summed E-state index contributed by atoms with van der Waals surface area (Å²) in [6, 6.07) is 5.58. The average Bonchev–Trinajstić information content (AvgIpc) is 2.30. The number of anilines is 1. The van der Waals surface area contributed by atoms with Gasteiger partial charge in [0.25, 0.3) is 5.91 Å². The summed E-state index contributed by atoms with van der Waals surface area (Å²) in [6.07, 6.45) is 1.09. The Hall–Kier alpha value is -1.51. The summed E-state index contributed by atoms with van der Waals surface area (Å²) in [5.74, 6) is 1.39. The number of amides is 1. The summed E-state index contributed by atoms with van der Waals surface area (Å²) in [5, 5.41) is 0. The van der Waals surface area contributed by atoms with E-state index in [0.29, 0.717) is 23.1 Å². The predicted molar refractivity (Wildman–Crippen MR) is 74.4 cm³/mol. The molecule has 1 fully saturated rings. The van der Waals surface area contributed by atoms with Crippen molar-refractivity contribution in [3.8, 4) is 0 Å². The maximum absolute atomic E-state index is 12.4. The van der Waals surface area contributed by atoms with Crippen LogP contribution < -0.4 is 5.73 Å². The molecule has 0 saturated carbocycles. The van der Waals surface area contributed by atoms with E-state index in [1.807, 2.05) is 24.0 Å². The van der Waals surface area contributed by atoms with Crippen LogP contribution in [-0.4, -0.2) is 23.9 Å². The fourth-order valence-electron chi connectivity index (χ4n) is 2.57. The molecule has 98 valence electrons. The van der Waals surface area contributed by atoms with Crippen LogP contribution in [0.2, 0.25) is 0 Å². The molecule has 1 aromatic carbocycles. The minimum absolute atomic E-state index is 0.115. The van der Waals surface area contributed by atoms with E-state index in [4.69, 9.17) is 5.73 Å². The fraction of sp³-hybridized carbons (Fsp3) is 0.533. The van der Waals surface area contributed by atoms with Crippen LogP contribution in [0.3, 0.4) is 0 Å². The van der Waals surface area contributed by atoms with Gasteiger partial charge < -0.3 is 10.6 Å². The predicted octanol–water partition coefficient (Wildman–Crippen LogP) is 2.70. The van der Waals surface area contributed by atoms with E-state index in [-0.39, 0.29) is 5.91 Å².